The highest BCUT2D eigenvalue weighted by atomic mass is 32.1. The Bertz CT molecular complexity index is 6810. The molecule has 0 aliphatic carbocycles. The number of aromatic nitrogens is 6. The summed E-state index contributed by atoms with van der Waals surface area (Å²) in [6, 6.07) is 133. The molecule has 110 heavy (non-hydrogen) atoms. The summed E-state index contributed by atoms with van der Waals surface area (Å²) in [5.41, 5.74) is 20.7. The van der Waals surface area contributed by atoms with Gasteiger partial charge in [-0.25, -0.2) is 29.9 Å². The molecule has 0 saturated carbocycles. The van der Waals surface area contributed by atoms with Crippen molar-refractivity contribution in [3.8, 4) is 113 Å². The number of nitrogens with zero attached hydrogens (tertiary/aromatic N) is 6. The number of benzene rings is 16. The third-order valence-electron chi connectivity index (χ3n) is 21.4. The van der Waals surface area contributed by atoms with Crippen molar-refractivity contribution >= 4 is 128 Å². The largest absolute Gasteiger partial charge is 0.247 e. The second-order valence-electron chi connectivity index (χ2n) is 27.8. The van der Waals surface area contributed by atoms with Crippen LogP contribution in [0.25, 0.3) is 218 Å². The molecule has 0 fully saturated rings. The molecule has 0 unspecified atom stereocenters. The molecule has 6 nitrogen and oxygen atoms in total. The minimum Gasteiger partial charge on any atom is -0.247 e. The van der Waals surface area contributed by atoms with Crippen LogP contribution in [0.2, 0.25) is 0 Å². The molecule has 0 bridgehead atoms. The molecular formula is C102H62N6S2. The van der Waals surface area contributed by atoms with E-state index in [0.717, 1.165) is 106 Å². The molecule has 8 heteroatoms. The Kier molecular flexibility index (Phi) is 15.9. The minimum absolute atomic E-state index is 0.700. The lowest BCUT2D eigenvalue weighted by atomic mass is 9.92. The molecule has 0 aliphatic rings. The van der Waals surface area contributed by atoms with Crippen molar-refractivity contribution in [3.63, 3.8) is 0 Å². The van der Waals surface area contributed by atoms with Gasteiger partial charge in [-0.15, -0.1) is 22.7 Å². The van der Waals surface area contributed by atoms with Crippen LogP contribution in [0.3, 0.4) is 0 Å². The van der Waals surface area contributed by atoms with Gasteiger partial charge in [-0.3, -0.25) is 0 Å². The van der Waals surface area contributed by atoms with Crippen LogP contribution in [0.15, 0.2) is 376 Å². The Hall–Kier alpha value is -14.0. The fourth-order valence-corrected chi connectivity index (χ4v) is 18.7. The molecule has 0 saturated heterocycles. The van der Waals surface area contributed by atoms with Gasteiger partial charge in [0.25, 0.3) is 0 Å². The highest BCUT2D eigenvalue weighted by Gasteiger charge is 2.25. The first kappa shape index (κ1) is 64.4. The van der Waals surface area contributed by atoms with E-state index in [1.807, 2.05) is 95.5 Å². The molecule has 512 valence electrons. The quantitative estimate of drug-likeness (QED) is 0.127. The number of hydrogen-bond donors (Lipinski definition) is 0. The van der Waals surface area contributed by atoms with Crippen LogP contribution in [0.4, 0.5) is 0 Å². The zero-order valence-corrected chi connectivity index (χ0v) is 60.9. The summed E-state index contributed by atoms with van der Waals surface area (Å²) in [5, 5.41) is 17.1. The number of fused-ring (bicyclic) bond motifs is 16. The molecule has 0 radical (unpaired) electrons. The molecule has 0 spiro atoms. The van der Waals surface area contributed by atoms with E-state index >= 15 is 0 Å². The average Bonchev–Trinajstić information content (AvgIpc) is 1.38. The first-order valence-corrected chi connectivity index (χ1v) is 38.7. The van der Waals surface area contributed by atoms with Gasteiger partial charge in [0.2, 0.25) is 0 Å². The molecular weight excluding hydrogens is 1370 g/mol. The van der Waals surface area contributed by atoms with Crippen molar-refractivity contribution in [2.75, 3.05) is 0 Å². The van der Waals surface area contributed by atoms with E-state index in [1.165, 1.54) is 99.8 Å². The fraction of sp³-hybridized carbons (Fsp3) is 0. The lowest BCUT2D eigenvalue weighted by Crippen LogP contribution is -1.96. The second-order valence-corrected chi connectivity index (χ2v) is 30.0. The van der Waals surface area contributed by atoms with Gasteiger partial charge in [0.1, 0.15) is 0 Å². The van der Waals surface area contributed by atoms with E-state index in [4.69, 9.17) is 29.9 Å². The third-order valence-corrected chi connectivity index (χ3v) is 23.7. The second kappa shape index (κ2) is 27.1. The predicted molar refractivity (Wildman–Crippen MR) is 465 cm³/mol. The van der Waals surface area contributed by atoms with Crippen molar-refractivity contribution in [2.24, 2.45) is 0 Å². The highest BCUT2D eigenvalue weighted by molar-refractivity contribution is 7.27. The van der Waals surface area contributed by atoms with Crippen molar-refractivity contribution in [3.05, 3.63) is 376 Å². The van der Waals surface area contributed by atoms with E-state index in [0.29, 0.717) is 11.6 Å². The number of thiophene rings is 2. The SMILES string of the molecule is c1ccc(-c2cc(-c3ccc(-c4cccc5nc(-c6cc7ccccc7c7ccccc67)c6c7ccccc7sc6c45)cc3)nc(-c3ccccc3)n2)cc1.c1ccc(-c2cc(-c3ccccc3)nc(-c3ccc(-c4cccc5nc(-c6cc7ccccc7c7ccccc67)c6c7ccccc7sc6c45)cc3)n2)cc1. The maximum absolute atomic E-state index is 5.57. The maximum Gasteiger partial charge on any atom is 0.160 e. The monoisotopic (exact) mass is 1430 g/mol. The van der Waals surface area contributed by atoms with Crippen LogP contribution >= 0.6 is 22.7 Å². The summed E-state index contributed by atoms with van der Waals surface area (Å²) in [5.74, 6) is 1.41. The van der Waals surface area contributed by atoms with Gasteiger partial charge in [0.15, 0.2) is 11.6 Å². The van der Waals surface area contributed by atoms with Crippen LogP contribution in [0, 0.1) is 0 Å². The zero-order chi connectivity index (χ0) is 72.6. The van der Waals surface area contributed by atoms with E-state index < -0.39 is 0 Å². The first-order chi connectivity index (χ1) is 54.5. The van der Waals surface area contributed by atoms with Crippen LogP contribution in [-0.2, 0) is 0 Å². The maximum atomic E-state index is 5.57. The summed E-state index contributed by atoms with van der Waals surface area (Å²) in [6.45, 7) is 0. The summed E-state index contributed by atoms with van der Waals surface area (Å²) >= 11 is 3.72. The van der Waals surface area contributed by atoms with Crippen molar-refractivity contribution in [2.45, 2.75) is 0 Å². The van der Waals surface area contributed by atoms with Gasteiger partial charge < -0.3 is 0 Å². The van der Waals surface area contributed by atoms with E-state index in [1.54, 1.807) is 0 Å². The topological polar surface area (TPSA) is 77.3 Å². The summed E-state index contributed by atoms with van der Waals surface area (Å²) in [7, 11) is 0. The number of hydrogen-bond acceptors (Lipinski definition) is 8. The first-order valence-electron chi connectivity index (χ1n) is 37.0. The van der Waals surface area contributed by atoms with E-state index in [9.17, 15) is 0 Å². The Morgan fingerprint density at radius 3 is 0.882 bits per heavy atom. The lowest BCUT2D eigenvalue weighted by Gasteiger charge is -2.15. The third kappa shape index (κ3) is 11.3. The van der Waals surface area contributed by atoms with Gasteiger partial charge in [-0.05, 0) is 114 Å². The standard InChI is InChI=1S/2C51H31N3S/c1-3-14-33(15-4-1)44-31-45(54-51(53-44)35-16-5-2-6-17-35)34-28-26-32(27-29-34)38-23-13-24-43-47(38)50-48(41-22-11-12-25-46(41)55-50)49(52-43)42-30-36-18-7-8-19-37(36)39-20-9-10-21-40(39)42;1-3-14-33(15-4-1)44-31-45(34-16-5-2-6-17-34)54-51(53-44)35-28-26-32(27-29-35)38-23-13-24-43-47(38)50-48(41-22-11-12-25-46(41)55-50)49(52-43)42-30-36-18-7-8-19-37(36)39-20-9-10-21-40(39)42/h2*1-31H. The van der Waals surface area contributed by atoms with Gasteiger partial charge in [-0.2, -0.15) is 0 Å². The Balaban J connectivity index is 0.000000140. The average molecular weight is 1440 g/mol. The highest BCUT2D eigenvalue weighted by Crippen LogP contribution is 2.50. The molecule has 6 heterocycles. The minimum atomic E-state index is 0.700. The van der Waals surface area contributed by atoms with Crippen LogP contribution < -0.4 is 0 Å². The van der Waals surface area contributed by atoms with Crippen LogP contribution in [0.5, 0.6) is 0 Å². The number of pyridine rings is 2. The predicted octanol–water partition coefficient (Wildman–Crippen LogP) is 28.1. The van der Waals surface area contributed by atoms with E-state index in [-0.39, 0.29) is 0 Å². The summed E-state index contributed by atoms with van der Waals surface area (Å²) in [4.78, 5) is 31.4. The summed E-state index contributed by atoms with van der Waals surface area (Å²) < 4.78 is 5.03. The molecule has 22 rings (SSSR count). The molecule has 6 aromatic heterocycles. The molecule has 16 aromatic carbocycles. The number of rotatable bonds is 10. The Morgan fingerprint density at radius 2 is 0.482 bits per heavy atom. The molecule has 0 aliphatic heterocycles. The normalized spacial score (nSPS) is 11.6. The van der Waals surface area contributed by atoms with Gasteiger partial charge >= 0.3 is 0 Å². The van der Waals surface area contributed by atoms with E-state index in [2.05, 4.69) is 303 Å². The zero-order valence-electron chi connectivity index (χ0n) is 59.3. The van der Waals surface area contributed by atoms with Crippen LogP contribution in [-0.4, -0.2) is 29.9 Å². The lowest BCUT2D eigenvalue weighted by molar-refractivity contribution is 1.18. The molecule has 0 amide bonds. The molecule has 22 aromatic rings. The van der Waals surface area contributed by atoms with Crippen molar-refractivity contribution < 1.29 is 0 Å². The Morgan fingerprint density at radius 1 is 0.182 bits per heavy atom. The van der Waals surface area contributed by atoms with Gasteiger partial charge in [0.05, 0.1) is 45.2 Å². The van der Waals surface area contributed by atoms with Gasteiger partial charge in [-0.1, -0.05) is 328 Å². The Labute approximate surface area is 641 Å². The summed E-state index contributed by atoms with van der Waals surface area (Å²) in [6.07, 6.45) is 0. The van der Waals surface area contributed by atoms with Crippen molar-refractivity contribution in [1.82, 2.24) is 29.9 Å². The molecule has 0 atom stereocenters. The smallest absolute Gasteiger partial charge is 0.160 e. The fourth-order valence-electron chi connectivity index (χ4n) is 16.2. The van der Waals surface area contributed by atoms with Crippen molar-refractivity contribution in [1.29, 1.82) is 0 Å². The van der Waals surface area contributed by atoms with Gasteiger partial charge in [0, 0.05) is 95.6 Å². The van der Waals surface area contributed by atoms with Crippen LogP contribution in [0.1, 0.15) is 0 Å². The molecule has 0 N–H and O–H groups in total.